The average molecular weight is 369 g/mol. The normalized spacial score (nSPS) is 14.5. The zero-order chi connectivity index (χ0) is 19.1. The molecule has 0 unspecified atom stereocenters. The number of aromatic nitrogens is 3. The Balaban J connectivity index is 1.64. The van der Waals surface area contributed by atoms with E-state index in [0.717, 1.165) is 58.2 Å². The van der Waals surface area contributed by atoms with Crippen LogP contribution in [0.2, 0.25) is 0 Å². The number of aryl methyl sites for hydroxylation is 2. The molecule has 2 aromatic heterocycles. The Morgan fingerprint density at radius 2 is 1.96 bits per heavy atom. The largest absolute Gasteiger partial charge is 0.411 e. The standard InChI is InChI=1S/C22H19N5O/c1-14-21-25-20(15-5-3-2-4-6-15)22(27(21)12-11-23-14)24-17-8-9-18-16(13-17)7-10-19(18)26-28/h2-6,8-9,11-13,24,28H,7,10H2,1H3/b26-19-. The van der Waals surface area contributed by atoms with Gasteiger partial charge in [0.15, 0.2) is 5.65 Å². The molecule has 0 saturated heterocycles. The summed E-state index contributed by atoms with van der Waals surface area (Å²) in [7, 11) is 0. The number of oxime groups is 1. The lowest BCUT2D eigenvalue weighted by molar-refractivity contribution is 0.318. The van der Waals surface area contributed by atoms with E-state index in [-0.39, 0.29) is 0 Å². The Bertz CT molecular complexity index is 1210. The predicted octanol–water partition coefficient (Wildman–Crippen LogP) is 4.57. The van der Waals surface area contributed by atoms with Crippen molar-refractivity contribution in [3.05, 3.63) is 77.7 Å². The molecule has 4 aromatic rings. The van der Waals surface area contributed by atoms with Gasteiger partial charge in [-0.1, -0.05) is 41.6 Å². The Kier molecular flexibility index (Phi) is 3.83. The Hall–Kier alpha value is -3.67. The van der Waals surface area contributed by atoms with Crippen molar-refractivity contribution in [2.75, 3.05) is 5.32 Å². The second kappa shape index (κ2) is 6.49. The molecule has 0 amide bonds. The number of imidazole rings is 1. The molecule has 6 nitrogen and oxygen atoms in total. The zero-order valence-corrected chi connectivity index (χ0v) is 15.4. The first-order chi connectivity index (χ1) is 13.7. The van der Waals surface area contributed by atoms with Crippen molar-refractivity contribution in [3.63, 3.8) is 0 Å². The highest BCUT2D eigenvalue weighted by Gasteiger charge is 2.20. The lowest BCUT2D eigenvalue weighted by Crippen LogP contribution is -1.99. The summed E-state index contributed by atoms with van der Waals surface area (Å²) in [5.41, 5.74) is 7.58. The Labute approximate surface area is 162 Å². The molecule has 6 heteroatoms. The molecule has 138 valence electrons. The molecule has 0 fully saturated rings. The molecule has 2 N–H and O–H groups in total. The van der Waals surface area contributed by atoms with Crippen LogP contribution in [0, 0.1) is 6.92 Å². The van der Waals surface area contributed by atoms with Gasteiger partial charge in [0.2, 0.25) is 0 Å². The zero-order valence-electron chi connectivity index (χ0n) is 15.4. The van der Waals surface area contributed by atoms with Crippen LogP contribution in [-0.2, 0) is 6.42 Å². The molecule has 0 bridgehead atoms. The third-order valence-corrected chi connectivity index (χ3v) is 5.20. The summed E-state index contributed by atoms with van der Waals surface area (Å²) < 4.78 is 2.04. The summed E-state index contributed by atoms with van der Waals surface area (Å²) in [6, 6.07) is 16.3. The van der Waals surface area contributed by atoms with Crippen LogP contribution in [0.15, 0.2) is 66.1 Å². The van der Waals surface area contributed by atoms with Gasteiger partial charge in [-0.05, 0) is 37.5 Å². The summed E-state index contributed by atoms with van der Waals surface area (Å²) in [5.74, 6) is 0.903. The van der Waals surface area contributed by atoms with Gasteiger partial charge in [0.1, 0.15) is 11.5 Å². The van der Waals surface area contributed by atoms with Gasteiger partial charge < -0.3 is 10.5 Å². The van der Waals surface area contributed by atoms with E-state index in [4.69, 9.17) is 10.2 Å². The maximum Gasteiger partial charge on any atom is 0.160 e. The molecule has 2 aromatic carbocycles. The van der Waals surface area contributed by atoms with E-state index in [0.29, 0.717) is 0 Å². The molecule has 0 radical (unpaired) electrons. The molecular weight excluding hydrogens is 350 g/mol. The van der Waals surface area contributed by atoms with Crippen molar-refractivity contribution in [3.8, 4) is 11.3 Å². The smallest absolute Gasteiger partial charge is 0.160 e. The van der Waals surface area contributed by atoms with Gasteiger partial charge in [0.25, 0.3) is 0 Å². The van der Waals surface area contributed by atoms with Crippen molar-refractivity contribution in [2.45, 2.75) is 19.8 Å². The van der Waals surface area contributed by atoms with Gasteiger partial charge in [0.05, 0.1) is 11.4 Å². The first-order valence-electron chi connectivity index (χ1n) is 9.25. The van der Waals surface area contributed by atoms with Crippen molar-refractivity contribution < 1.29 is 5.21 Å². The third kappa shape index (κ3) is 2.62. The van der Waals surface area contributed by atoms with E-state index < -0.39 is 0 Å². The van der Waals surface area contributed by atoms with Crippen molar-refractivity contribution in [1.82, 2.24) is 14.4 Å². The minimum atomic E-state index is 0.753. The maximum absolute atomic E-state index is 9.15. The van der Waals surface area contributed by atoms with E-state index in [2.05, 4.69) is 33.7 Å². The van der Waals surface area contributed by atoms with Crippen LogP contribution < -0.4 is 5.32 Å². The van der Waals surface area contributed by atoms with Crippen LogP contribution >= 0.6 is 0 Å². The number of nitrogens with one attached hydrogen (secondary N) is 1. The first-order valence-corrected chi connectivity index (χ1v) is 9.25. The molecule has 0 atom stereocenters. The second-order valence-electron chi connectivity index (χ2n) is 6.92. The molecule has 28 heavy (non-hydrogen) atoms. The fourth-order valence-corrected chi connectivity index (χ4v) is 3.81. The lowest BCUT2D eigenvalue weighted by Gasteiger charge is -2.11. The van der Waals surface area contributed by atoms with E-state index in [1.807, 2.05) is 47.9 Å². The number of hydrogen-bond acceptors (Lipinski definition) is 5. The van der Waals surface area contributed by atoms with Crippen LogP contribution in [0.25, 0.3) is 16.9 Å². The lowest BCUT2D eigenvalue weighted by atomic mass is 10.1. The molecule has 0 saturated carbocycles. The van der Waals surface area contributed by atoms with Crippen molar-refractivity contribution in [2.24, 2.45) is 5.16 Å². The highest BCUT2D eigenvalue weighted by atomic mass is 16.4. The van der Waals surface area contributed by atoms with Gasteiger partial charge in [0, 0.05) is 29.2 Å². The fourth-order valence-electron chi connectivity index (χ4n) is 3.81. The molecule has 0 aliphatic heterocycles. The fraction of sp³-hybridized carbons (Fsp3) is 0.136. The number of fused-ring (bicyclic) bond motifs is 2. The van der Waals surface area contributed by atoms with E-state index >= 15 is 0 Å². The molecular formula is C22H19N5O. The topological polar surface area (TPSA) is 74.8 Å². The van der Waals surface area contributed by atoms with E-state index in [1.165, 1.54) is 5.56 Å². The molecule has 5 rings (SSSR count). The number of rotatable bonds is 3. The summed E-state index contributed by atoms with van der Waals surface area (Å²) in [5, 5.41) is 16.1. The minimum Gasteiger partial charge on any atom is -0.411 e. The average Bonchev–Trinajstić information content (AvgIpc) is 3.31. The summed E-state index contributed by atoms with van der Waals surface area (Å²) in [6.07, 6.45) is 5.36. The minimum absolute atomic E-state index is 0.753. The quantitative estimate of drug-likeness (QED) is 0.410. The Morgan fingerprint density at radius 1 is 1.11 bits per heavy atom. The summed E-state index contributed by atoms with van der Waals surface area (Å²) in [6.45, 7) is 1.96. The van der Waals surface area contributed by atoms with Crippen molar-refractivity contribution >= 4 is 22.9 Å². The van der Waals surface area contributed by atoms with Gasteiger partial charge in [-0.2, -0.15) is 0 Å². The van der Waals surface area contributed by atoms with Gasteiger partial charge in [-0.3, -0.25) is 9.38 Å². The van der Waals surface area contributed by atoms with Crippen LogP contribution in [-0.4, -0.2) is 25.3 Å². The number of nitrogens with zero attached hydrogens (tertiary/aromatic N) is 4. The van der Waals surface area contributed by atoms with Crippen LogP contribution in [0.4, 0.5) is 11.5 Å². The predicted molar refractivity (Wildman–Crippen MR) is 110 cm³/mol. The first kappa shape index (κ1) is 16.5. The van der Waals surface area contributed by atoms with E-state index in [1.54, 1.807) is 6.20 Å². The van der Waals surface area contributed by atoms with Gasteiger partial charge >= 0.3 is 0 Å². The Morgan fingerprint density at radius 3 is 2.79 bits per heavy atom. The van der Waals surface area contributed by atoms with Crippen LogP contribution in [0.5, 0.6) is 0 Å². The van der Waals surface area contributed by atoms with Gasteiger partial charge in [-0.15, -0.1) is 0 Å². The van der Waals surface area contributed by atoms with E-state index in [9.17, 15) is 0 Å². The summed E-state index contributed by atoms with van der Waals surface area (Å²) in [4.78, 5) is 9.24. The molecule has 2 heterocycles. The molecule has 1 aliphatic carbocycles. The highest BCUT2D eigenvalue weighted by Crippen LogP contribution is 2.33. The molecule has 1 aliphatic rings. The number of benzene rings is 2. The van der Waals surface area contributed by atoms with Crippen LogP contribution in [0.3, 0.4) is 0 Å². The SMILES string of the molecule is Cc1nccn2c(Nc3ccc4c(c3)CC/C4=N/O)c(-c3ccccc3)nc12. The second-order valence-corrected chi connectivity index (χ2v) is 6.92. The third-order valence-electron chi connectivity index (χ3n) is 5.20. The highest BCUT2D eigenvalue weighted by molar-refractivity contribution is 6.04. The van der Waals surface area contributed by atoms with Crippen molar-refractivity contribution in [1.29, 1.82) is 0 Å². The maximum atomic E-state index is 9.15. The summed E-state index contributed by atoms with van der Waals surface area (Å²) >= 11 is 0. The molecule has 0 spiro atoms. The van der Waals surface area contributed by atoms with Crippen LogP contribution in [0.1, 0.15) is 23.2 Å². The number of hydrogen-bond donors (Lipinski definition) is 2. The number of anilines is 2. The monoisotopic (exact) mass is 369 g/mol. The van der Waals surface area contributed by atoms with Gasteiger partial charge in [-0.25, -0.2) is 4.98 Å².